The Morgan fingerprint density at radius 1 is 1.26 bits per heavy atom. The molecule has 2 N–H and O–H groups in total. The number of likely N-dealkylation sites (N-methyl/N-ethyl adjacent to an activating group) is 1. The number of carbonyl (C=O) groups is 1. The minimum atomic E-state index is -0.238. The van der Waals surface area contributed by atoms with Crippen LogP contribution >= 0.6 is 0 Å². The molecular weight excluding hydrogens is 246 g/mol. The van der Waals surface area contributed by atoms with Gasteiger partial charge < -0.3 is 25.0 Å². The number of carbonyl (C=O) groups excluding carboxylic acids is 1. The van der Waals surface area contributed by atoms with Crippen molar-refractivity contribution in [3.8, 4) is 11.5 Å². The fourth-order valence-electron chi connectivity index (χ4n) is 2.44. The van der Waals surface area contributed by atoms with E-state index < -0.39 is 0 Å². The van der Waals surface area contributed by atoms with E-state index in [1.165, 1.54) is 0 Å². The number of ether oxygens (including phenoxy) is 1. The van der Waals surface area contributed by atoms with Gasteiger partial charge in [-0.05, 0) is 19.2 Å². The topological polar surface area (TPSA) is 65.0 Å². The first-order valence-electron chi connectivity index (χ1n) is 6.37. The Bertz CT molecular complexity index is 510. The van der Waals surface area contributed by atoms with Gasteiger partial charge in [0.05, 0.1) is 5.69 Å². The molecule has 1 aromatic carbocycles. The summed E-state index contributed by atoms with van der Waals surface area (Å²) in [7, 11) is 2.10. The van der Waals surface area contributed by atoms with E-state index in [1.54, 1.807) is 6.07 Å². The number of phenolic OH excluding ortho intramolecular Hbond substituents is 1. The Morgan fingerprint density at radius 2 is 2.00 bits per heavy atom. The lowest BCUT2D eigenvalue weighted by Crippen LogP contribution is -2.44. The molecule has 2 heterocycles. The molecule has 102 valence electrons. The van der Waals surface area contributed by atoms with Crippen molar-refractivity contribution in [2.24, 2.45) is 0 Å². The number of hydrogen-bond donors (Lipinski definition) is 2. The van der Waals surface area contributed by atoms with E-state index in [1.807, 2.05) is 6.07 Å². The Kier molecular flexibility index (Phi) is 2.94. The molecule has 0 saturated carbocycles. The van der Waals surface area contributed by atoms with Gasteiger partial charge >= 0.3 is 0 Å². The van der Waals surface area contributed by atoms with Gasteiger partial charge in [0.1, 0.15) is 11.4 Å². The zero-order valence-electron chi connectivity index (χ0n) is 10.8. The molecule has 1 saturated heterocycles. The highest BCUT2D eigenvalue weighted by Gasteiger charge is 2.26. The number of nitrogens with one attached hydrogen (secondary N) is 1. The molecule has 6 heteroatoms. The Morgan fingerprint density at radius 3 is 2.74 bits per heavy atom. The molecule has 1 aromatic rings. The second-order valence-corrected chi connectivity index (χ2v) is 4.94. The van der Waals surface area contributed by atoms with Gasteiger partial charge in [0, 0.05) is 26.2 Å². The summed E-state index contributed by atoms with van der Waals surface area (Å²) in [5, 5.41) is 12.5. The molecule has 3 rings (SSSR count). The van der Waals surface area contributed by atoms with E-state index in [9.17, 15) is 9.90 Å². The summed E-state index contributed by atoms with van der Waals surface area (Å²) in [4.78, 5) is 15.8. The number of amides is 1. The summed E-state index contributed by atoms with van der Waals surface area (Å²) in [5.74, 6) is 0.378. The molecule has 0 bridgehead atoms. The van der Waals surface area contributed by atoms with Gasteiger partial charge in [0.2, 0.25) is 0 Å². The van der Waals surface area contributed by atoms with Gasteiger partial charge in [-0.25, -0.2) is 0 Å². The lowest BCUT2D eigenvalue weighted by Gasteiger charge is -2.35. The molecule has 19 heavy (non-hydrogen) atoms. The lowest BCUT2D eigenvalue weighted by atomic mass is 10.1. The van der Waals surface area contributed by atoms with Crippen LogP contribution in [0.25, 0.3) is 0 Å². The first-order valence-corrected chi connectivity index (χ1v) is 6.37. The van der Waals surface area contributed by atoms with E-state index >= 15 is 0 Å². The van der Waals surface area contributed by atoms with Crippen LogP contribution in [0.15, 0.2) is 12.1 Å². The maximum atomic E-state index is 11.3. The number of piperazine rings is 1. The van der Waals surface area contributed by atoms with Gasteiger partial charge in [0.15, 0.2) is 12.4 Å². The van der Waals surface area contributed by atoms with Gasteiger partial charge in [-0.1, -0.05) is 0 Å². The number of hydrogen-bond acceptors (Lipinski definition) is 5. The van der Waals surface area contributed by atoms with Crippen LogP contribution in [0.2, 0.25) is 0 Å². The van der Waals surface area contributed by atoms with Crippen molar-refractivity contribution in [1.82, 2.24) is 4.90 Å². The maximum absolute atomic E-state index is 11.3. The quantitative estimate of drug-likeness (QED) is 0.721. The zero-order chi connectivity index (χ0) is 13.4. The third-order valence-electron chi connectivity index (χ3n) is 3.57. The zero-order valence-corrected chi connectivity index (χ0v) is 10.8. The van der Waals surface area contributed by atoms with Crippen LogP contribution in [-0.4, -0.2) is 55.7 Å². The Hall–Kier alpha value is -1.95. The van der Waals surface area contributed by atoms with E-state index in [0.29, 0.717) is 11.4 Å². The van der Waals surface area contributed by atoms with E-state index in [2.05, 4.69) is 22.2 Å². The average Bonchev–Trinajstić information content (AvgIpc) is 2.41. The third-order valence-corrected chi connectivity index (χ3v) is 3.57. The summed E-state index contributed by atoms with van der Waals surface area (Å²) in [5.41, 5.74) is 1.31. The summed E-state index contributed by atoms with van der Waals surface area (Å²) in [6.07, 6.45) is 0. The number of fused-ring (bicyclic) bond motifs is 1. The van der Waals surface area contributed by atoms with Gasteiger partial charge in [0.25, 0.3) is 5.91 Å². The van der Waals surface area contributed by atoms with Crippen LogP contribution in [0.4, 0.5) is 11.4 Å². The average molecular weight is 263 g/mol. The van der Waals surface area contributed by atoms with Crippen LogP contribution < -0.4 is 15.0 Å². The summed E-state index contributed by atoms with van der Waals surface area (Å²) in [6, 6.07) is 3.44. The second kappa shape index (κ2) is 4.62. The SMILES string of the molecule is CN1CCN(c2ccc(O)c3c2OCC(=O)N3)CC1. The fourth-order valence-corrected chi connectivity index (χ4v) is 2.44. The lowest BCUT2D eigenvalue weighted by molar-refractivity contribution is -0.118. The third kappa shape index (κ3) is 2.19. The van der Waals surface area contributed by atoms with E-state index in [4.69, 9.17) is 4.74 Å². The monoisotopic (exact) mass is 263 g/mol. The number of anilines is 2. The number of rotatable bonds is 1. The van der Waals surface area contributed by atoms with Crippen molar-refractivity contribution in [3.05, 3.63) is 12.1 Å². The molecule has 2 aliphatic heterocycles. The summed E-state index contributed by atoms with van der Waals surface area (Å²) >= 11 is 0. The molecule has 0 aromatic heterocycles. The Labute approximate surface area is 111 Å². The maximum Gasteiger partial charge on any atom is 0.262 e. The molecule has 1 fully saturated rings. The smallest absolute Gasteiger partial charge is 0.262 e. The van der Waals surface area contributed by atoms with Crippen LogP contribution in [0.1, 0.15) is 0 Å². The summed E-state index contributed by atoms with van der Waals surface area (Å²) < 4.78 is 5.50. The molecule has 1 amide bonds. The number of phenols is 1. The normalized spacial score (nSPS) is 19.6. The number of benzene rings is 1. The molecule has 2 aliphatic rings. The number of nitrogens with zero attached hydrogens (tertiary/aromatic N) is 2. The van der Waals surface area contributed by atoms with Crippen molar-refractivity contribution >= 4 is 17.3 Å². The van der Waals surface area contributed by atoms with Crippen LogP contribution in [0.3, 0.4) is 0 Å². The van der Waals surface area contributed by atoms with Crippen molar-refractivity contribution in [2.45, 2.75) is 0 Å². The first-order chi connectivity index (χ1) is 9.15. The molecule has 0 aliphatic carbocycles. The standard InChI is InChI=1S/C13H17N3O3/c1-15-4-6-16(7-5-15)9-2-3-10(17)12-13(9)19-8-11(18)14-12/h2-3,17H,4-8H2,1H3,(H,14,18). The van der Waals surface area contributed by atoms with Crippen molar-refractivity contribution in [2.75, 3.05) is 50.1 Å². The highest BCUT2D eigenvalue weighted by atomic mass is 16.5. The van der Waals surface area contributed by atoms with Crippen LogP contribution in [0, 0.1) is 0 Å². The minimum Gasteiger partial charge on any atom is -0.506 e. The molecule has 0 unspecified atom stereocenters. The van der Waals surface area contributed by atoms with Gasteiger partial charge in [-0.3, -0.25) is 4.79 Å². The van der Waals surface area contributed by atoms with E-state index in [0.717, 1.165) is 31.9 Å². The van der Waals surface area contributed by atoms with E-state index in [-0.39, 0.29) is 18.3 Å². The van der Waals surface area contributed by atoms with Crippen molar-refractivity contribution in [3.63, 3.8) is 0 Å². The highest BCUT2D eigenvalue weighted by molar-refractivity contribution is 5.99. The summed E-state index contributed by atoms with van der Waals surface area (Å²) in [6.45, 7) is 3.79. The van der Waals surface area contributed by atoms with Crippen molar-refractivity contribution in [1.29, 1.82) is 0 Å². The van der Waals surface area contributed by atoms with Crippen LogP contribution in [-0.2, 0) is 4.79 Å². The van der Waals surface area contributed by atoms with Gasteiger partial charge in [-0.15, -0.1) is 0 Å². The molecule has 6 nitrogen and oxygen atoms in total. The predicted molar refractivity (Wildman–Crippen MR) is 71.9 cm³/mol. The predicted octanol–water partition coefficient (Wildman–Crippen LogP) is 0.475. The van der Waals surface area contributed by atoms with Crippen LogP contribution in [0.5, 0.6) is 11.5 Å². The molecule has 0 atom stereocenters. The Balaban J connectivity index is 1.94. The molecule has 0 radical (unpaired) electrons. The number of aromatic hydroxyl groups is 1. The highest BCUT2D eigenvalue weighted by Crippen LogP contribution is 2.43. The minimum absolute atomic E-state index is 0.00278. The first kappa shape index (κ1) is 12.1. The largest absolute Gasteiger partial charge is 0.506 e. The van der Waals surface area contributed by atoms with Gasteiger partial charge in [-0.2, -0.15) is 0 Å². The van der Waals surface area contributed by atoms with Crippen molar-refractivity contribution < 1.29 is 14.6 Å². The fraction of sp³-hybridized carbons (Fsp3) is 0.462. The second-order valence-electron chi connectivity index (χ2n) is 4.94. The molecular formula is C13H17N3O3. The molecule has 0 spiro atoms.